The molecule has 0 radical (unpaired) electrons. The Kier molecular flexibility index (Phi) is 4.84. The zero-order chi connectivity index (χ0) is 16.4. The highest BCUT2D eigenvalue weighted by Gasteiger charge is 2.28. The monoisotopic (exact) mass is 381 g/mol. The highest BCUT2D eigenvalue weighted by atomic mass is 79.9. The van der Waals surface area contributed by atoms with Crippen LogP contribution in [0.15, 0.2) is 16.6 Å². The number of anilines is 1. The lowest BCUT2D eigenvalue weighted by Gasteiger charge is -2.26. The number of hydrogen-bond acceptors (Lipinski definition) is 3. The second kappa shape index (κ2) is 6.86. The molecule has 0 aliphatic heterocycles. The van der Waals surface area contributed by atoms with E-state index in [1.165, 1.54) is 0 Å². The van der Waals surface area contributed by atoms with Crippen molar-refractivity contribution in [1.29, 1.82) is 0 Å². The largest absolute Gasteiger partial charge is 0.481 e. The number of pyridine rings is 1. The van der Waals surface area contributed by atoms with E-state index in [1.54, 1.807) is 6.07 Å². The smallest absolute Gasteiger partial charge is 0.320 e. The summed E-state index contributed by atoms with van der Waals surface area (Å²) in [7, 11) is 0. The number of urea groups is 1. The first kappa shape index (κ1) is 16.2. The van der Waals surface area contributed by atoms with Gasteiger partial charge >= 0.3 is 12.0 Å². The number of amides is 2. The number of nitrogens with zero attached hydrogens (tertiary/aromatic N) is 1. The van der Waals surface area contributed by atoms with Gasteiger partial charge in [-0.1, -0.05) is 0 Å². The van der Waals surface area contributed by atoms with Gasteiger partial charge < -0.3 is 10.4 Å². The molecule has 2 saturated carbocycles. The summed E-state index contributed by atoms with van der Waals surface area (Å²) in [6, 6.07) is 3.44. The second-order valence-corrected chi connectivity index (χ2v) is 7.18. The third kappa shape index (κ3) is 4.22. The molecule has 2 aliphatic rings. The quantitative estimate of drug-likeness (QED) is 0.744. The Morgan fingerprint density at radius 1 is 1.13 bits per heavy atom. The molecule has 0 saturated heterocycles. The van der Waals surface area contributed by atoms with Crippen molar-refractivity contribution in [1.82, 2.24) is 10.3 Å². The van der Waals surface area contributed by atoms with Crippen molar-refractivity contribution < 1.29 is 14.7 Å². The molecule has 0 bridgehead atoms. The van der Waals surface area contributed by atoms with Gasteiger partial charge in [0.2, 0.25) is 0 Å². The summed E-state index contributed by atoms with van der Waals surface area (Å²) in [5.74, 6) is 0.0391. The average Bonchev–Trinajstić information content (AvgIpc) is 3.34. The Hall–Kier alpha value is -1.63. The minimum absolute atomic E-state index is 0.0314. The highest BCUT2D eigenvalue weighted by molar-refractivity contribution is 9.10. The van der Waals surface area contributed by atoms with Gasteiger partial charge in [0, 0.05) is 16.4 Å². The van der Waals surface area contributed by atoms with Crippen LogP contribution in [0.5, 0.6) is 0 Å². The van der Waals surface area contributed by atoms with Gasteiger partial charge in [0.15, 0.2) is 0 Å². The molecule has 1 aromatic heterocycles. The molecular formula is C16H20BrN3O3. The minimum atomic E-state index is -0.737. The number of aromatic nitrogens is 1. The van der Waals surface area contributed by atoms with Crippen molar-refractivity contribution in [2.45, 2.75) is 50.5 Å². The Morgan fingerprint density at radius 2 is 1.83 bits per heavy atom. The molecule has 2 fully saturated rings. The highest BCUT2D eigenvalue weighted by Crippen LogP contribution is 2.42. The zero-order valence-electron chi connectivity index (χ0n) is 12.7. The number of hydrogen-bond donors (Lipinski definition) is 3. The van der Waals surface area contributed by atoms with E-state index >= 15 is 0 Å². The van der Waals surface area contributed by atoms with Crippen LogP contribution in [0.4, 0.5) is 10.6 Å². The van der Waals surface area contributed by atoms with Crippen LogP contribution in [0, 0.1) is 5.92 Å². The van der Waals surface area contributed by atoms with Crippen LogP contribution in [0.25, 0.3) is 0 Å². The van der Waals surface area contributed by atoms with E-state index in [1.807, 2.05) is 6.07 Å². The predicted octanol–water partition coefficient (Wildman–Crippen LogP) is 3.49. The SMILES string of the molecule is O=C(Nc1ccc(Br)c(C2CC2)n1)NC1CCC(C(=O)O)CC1. The number of aliphatic carboxylic acids is 1. The van der Waals surface area contributed by atoms with E-state index in [2.05, 4.69) is 31.5 Å². The van der Waals surface area contributed by atoms with E-state index in [-0.39, 0.29) is 18.0 Å². The maximum Gasteiger partial charge on any atom is 0.320 e. The Bertz CT molecular complexity index is 611. The maximum atomic E-state index is 12.1. The fourth-order valence-corrected chi connectivity index (χ4v) is 3.54. The zero-order valence-corrected chi connectivity index (χ0v) is 14.3. The van der Waals surface area contributed by atoms with Crippen molar-refractivity contribution in [2.75, 3.05) is 5.32 Å². The van der Waals surface area contributed by atoms with Crippen molar-refractivity contribution in [3.63, 3.8) is 0 Å². The van der Waals surface area contributed by atoms with E-state index in [0.717, 1.165) is 23.0 Å². The summed E-state index contributed by atoms with van der Waals surface area (Å²) >= 11 is 3.50. The molecule has 2 aliphatic carbocycles. The number of rotatable bonds is 4. The third-order valence-corrected chi connectivity index (χ3v) is 5.16. The normalized spacial score (nSPS) is 24.0. The Balaban J connectivity index is 1.52. The first-order valence-electron chi connectivity index (χ1n) is 7.99. The van der Waals surface area contributed by atoms with Gasteiger partial charge in [-0.05, 0) is 66.6 Å². The van der Waals surface area contributed by atoms with Crippen molar-refractivity contribution >= 4 is 33.7 Å². The van der Waals surface area contributed by atoms with Crippen LogP contribution in [0.3, 0.4) is 0 Å². The van der Waals surface area contributed by atoms with Gasteiger partial charge in [0.25, 0.3) is 0 Å². The van der Waals surface area contributed by atoms with Gasteiger partial charge in [-0.15, -0.1) is 0 Å². The van der Waals surface area contributed by atoms with Crippen molar-refractivity contribution in [2.24, 2.45) is 5.92 Å². The molecule has 3 rings (SSSR count). The van der Waals surface area contributed by atoms with Crippen LogP contribution in [-0.2, 0) is 4.79 Å². The molecule has 7 heteroatoms. The summed E-state index contributed by atoms with van der Waals surface area (Å²) in [6.45, 7) is 0. The molecule has 0 spiro atoms. The third-order valence-electron chi connectivity index (χ3n) is 4.49. The van der Waals surface area contributed by atoms with Gasteiger partial charge in [0.1, 0.15) is 5.82 Å². The fourth-order valence-electron chi connectivity index (χ4n) is 2.99. The molecule has 0 atom stereocenters. The Morgan fingerprint density at radius 3 is 2.43 bits per heavy atom. The van der Waals surface area contributed by atoms with E-state index < -0.39 is 5.97 Å². The summed E-state index contributed by atoms with van der Waals surface area (Å²) in [4.78, 5) is 27.5. The molecule has 1 heterocycles. The van der Waals surface area contributed by atoms with Crippen molar-refractivity contribution in [3.05, 3.63) is 22.3 Å². The molecule has 0 unspecified atom stereocenters. The van der Waals surface area contributed by atoms with Crippen LogP contribution < -0.4 is 10.6 Å². The van der Waals surface area contributed by atoms with Gasteiger partial charge in [0.05, 0.1) is 11.6 Å². The maximum absolute atomic E-state index is 12.1. The number of nitrogens with one attached hydrogen (secondary N) is 2. The second-order valence-electron chi connectivity index (χ2n) is 6.32. The lowest BCUT2D eigenvalue weighted by Crippen LogP contribution is -2.41. The van der Waals surface area contributed by atoms with Crippen LogP contribution in [0.1, 0.15) is 50.1 Å². The Labute approximate surface area is 143 Å². The molecule has 2 amide bonds. The number of carboxylic acids is 1. The topological polar surface area (TPSA) is 91.3 Å². The number of carboxylic acid groups (broad SMARTS) is 1. The van der Waals surface area contributed by atoms with E-state index in [0.29, 0.717) is 37.4 Å². The lowest BCUT2D eigenvalue weighted by molar-refractivity contribution is -0.142. The van der Waals surface area contributed by atoms with E-state index in [4.69, 9.17) is 5.11 Å². The molecular weight excluding hydrogens is 362 g/mol. The molecule has 1 aromatic rings. The first-order valence-corrected chi connectivity index (χ1v) is 8.79. The first-order chi connectivity index (χ1) is 11.0. The molecule has 124 valence electrons. The molecule has 0 aromatic carbocycles. The summed E-state index contributed by atoms with van der Waals surface area (Å²) in [5, 5.41) is 14.7. The minimum Gasteiger partial charge on any atom is -0.481 e. The fraction of sp³-hybridized carbons (Fsp3) is 0.562. The molecule has 3 N–H and O–H groups in total. The van der Waals surface area contributed by atoms with Crippen molar-refractivity contribution in [3.8, 4) is 0 Å². The van der Waals surface area contributed by atoms with E-state index in [9.17, 15) is 9.59 Å². The predicted molar refractivity (Wildman–Crippen MR) is 89.4 cm³/mol. The van der Waals surface area contributed by atoms with Gasteiger partial charge in [-0.25, -0.2) is 9.78 Å². The van der Waals surface area contributed by atoms with Gasteiger partial charge in [-0.3, -0.25) is 10.1 Å². The summed E-state index contributed by atoms with van der Waals surface area (Å²) in [5.41, 5.74) is 1.00. The standard InChI is InChI=1S/C16H20BrN3O3/c17-12-7-8-13(19-14(12)9-1-2-9)20-16(23)18-11-5-3-10(4-6-11)15(21)22/h7-11H,1-6H2,(H,21,22)(H2,18,19,20,23). The number of halogens is 1. The summed E-state index contributed by atoms with van der Waals surface area (Å²) in [6.07, 6.45) is 4.92. The van der Waals surface area contributed by atoms with Crippen LogP contribution in [0.2, 0.25) is 0 Å². The van der Waals surface area contributed by atoms with Crippen LogP contribution in [-0.4, -0.2) is 28.1 Å². The summed E-state index contributed by atoms with van der Waals surface area (Å²) < 4.78 is 0.984. The number of carbonyl (C=O) groups is 2. The molecule has 23 heavy (non-hydrogen) atoms. The number of carbonyl (C=O) groups excluding carboxylic acids is 1. The van der Waals surface area contributed by atoms with Gasteiger partial charge in [-0.2, -0.15) is 0 Å². The lowest BCUT2D eigenvalue weighted by atomic mass is 9.86. The average molecular weight is 382 g/mol. The molecule has 6 nitrogen and oxygen atoms in total. The van der Waals surface area contributed by atoms with Crippen LogP contribution >= 0.6 is 15.9 Å².